The van der Waals surface area contributed by atoms with Crippen molar-refractivity contribution in [2.75, 3.05) is 26.3 Å². The van der Waals surface area contributed by atoms with E-state index in [1.807, 2.05) is 11.0 Å². The number of likely N-dealkylation sites (tertiary alicyclic amines) is 1. The minimum Gasteiger partial charge on any atom is -0.381 e. The number of rotatable bonds is 3. The molecule has 2 unspecified atom stereocenters. The van der Waals surface area contributed by atoms with E-state index in [2.05, 4.69) is 24.3 Å². The van der Waals surface area contributed by atoms with Gasteiger partial charge in [-0.15, -0.1) is 0 Å². The quantitative estimate of drug-likeness (QED) is 0.922. The molecule has 2 saturated heterocycles. The van der Waals surface area contributed by atoms with Gasteiger partial charge in [0.05, 0.1) is 6.04 Å². The number of nitrogens with two attached hydrogens (primary N) is 1. The number of carbonyl (C=O) groups is 1. The molecule has 2 aliphatic rings. The summed E-state index contributed by atoms with van der Waals surface area (Å²) in [6.45, 7) is 3.10. The minimum atomic E-state index is -0.358. The lowest BCUT2D eigenvalue weighted by molar-refractivity contribution is -0.133. The summed E-state index contributed by atoms with van der Waals surface area (Å²) in [7, 11) is 0. The van der Waals surface area contributed by atoms with Gasteiger partial charge in [-0.2, -0.15) is 0 Å². The number of hydrogen-bond acceptors (Lipinski definition) is 3. The largest absolute Gasteiger partial charge is 0.381 e. The third kappa shape index (κ3) is 3.27. The van der Waals surface area contributed by atoms with Gasteiger partial charge in [0.15, 0.2) is 0 Å². The predicted octanol–water partition coefficient (Wildman–Crippen LogP) is 1.76. The summed E-state index contributed by atoms with van der Waals surface area (Å²) in [5.74, 6) is 0.861. The van der Waals surface area contributed by atoms with E-state index in [0.29, 0.717) is 5.92 Å². The molecule has 2 aliphatic heterocycles. The van der Waals surface area contributed by atoms with Gasteiger partial charge in [-0.1, -0.05) is 30.3 Å². The number of ether oxygens (including phenoxy) is 1. The lowest BCUT2D eigenvalue weighted by Gasteiger charge is -2.29. The maximum atomic E-state index is 12.6. The van der Waals surface area contributed by atoms with E-state index < -0.39 is 0 Å². The molecular formula is C17H24N2O2. The van der Waals surface area contributed by atoms with Crippen LogP contribution in [0.1, 0.15) is 30.7 Å². The zero-order valence-corrected chi connectivity index (χ0v) is 12.4. The van der Waals surface area contributed by atoms with Crippen LogP contribution in [0.25, 0.3) is 0 Å². The second kappa shape index (κ2) is 6.58. The highest BCUT2D eigenvalue weighted by molar-refractivity contribution is 5.82. The molecule has 1 amide bonds. The van der Waals surface area contributed by atoms with Gasteiger partial charge >= 0.3 is 0 Å². The number of hydrogen-bond donors (Lipinski definition) is 1. The maximum absolute atomic E-state index is 12.6. The molecule has 21 heavy (non-hydrogen) atoms. The Hall–Kier alpha value is -1.39. The number of nitrogens with zero attached hydrogens (tertiary/aromatic N) is 1. The molecule has 0 bridgehead atoms. The lowest BCUT2D eigenvalue weighted by Crippen LogP contribution is -2.48. The van der Waals surface area contributed by atoms with Crippen LogP contribution < -0.4 is 5.73 Å². The summed E-state index contributed by atoms with van der Waals surface area (Å²) in [4.78, 5) is 14.5. The van der Waals surface area contributed by atoms with E-state index in [1.165, 1.54) is 5.56 Å². The predicted molar refractivity (Wildman–Crippen MR) is 81.9 cm³/mol. The Morgan fingerprint density at radius 2 is 1.90 bits per heavy atom. The Morgan fingerprint density at radius 1 is 1.19 bits per heavy atom. The fourth-order valence-electron chi connectivity index (χ4n) is 3.45. The topological polar surface area (TPSA) is 55.6 Å². The van der Waals surface area contributed by atoms with Crippen LogP contribution >= 0.6 is 0 Å². The van der Waals surface area contributed by atoms with Crippen molar-refractivity contribution >= 4 is 5.91 Å². The van der Waals surface area contributed by atoms with Gasteiger partial charge in [-0.05, 0) is 30.7 Å². The molecule has 1 aromatic carbocycles. The fraction of sp³-hybridized carbons (Fsp3) is 0.588. The molecule has 4 nitrogen and oxygen atoms in total. The van der Waals surface area contributed by atoms with Gasteiger partial charge in [0, 0.05) is 32.2 Å². The van der Waals surface area contributed by atoms with Crippen LogP contribution in [-0.4, -0.2) is 43.2 Å². The zero-order valence-electron chi connectivity index (χ0n) is 12.4. The van der Waals surface area contributed by atoms with Crippen molar-refractivity contribution in [2.24, 2.45) is 11.7 Å². The summed E-state index contributed by atoms with van der Waals surface area (Å²) >= 11 is 0. The van der Waals surface area contributed by atoms with E-state index in [4.69, 9.17) is 10.5 Å². The molecule has 2 heterocycles. The van der Waals surface area contributed by atoms with Gasteiger partial charge in [-0.3, -0.25) is 4.79 Å². The highest BCUT2D eigenvalue weighted by atomic mass is 16.5. The first-order chi connectivity index (χ1) is 10.3. The molecule has 0 saturated carbocycles. The Morgan fingerprint density at radius 3 is 2.62 bits per heavy atom. The smallest absolute Gasteiger partial charge is 0.239 e. The highest BCUT2D eigenvalue weighted by Crippen LogP contribution is 2.28. The summed E-state index contributed by atoms with van der Waals surface area (Å²) in [6, 6.07) is 10.1. The first kappa shape index (κ1) is 14.5. The Kier molecular flexibility index (Phi) is 4.56. The fourth-order valence-corrected chi connectivity index (χ4v) is 3.45. The Balaban J connectivity index is 1.59. The molecule has 0 aliphatic carbocycles. The molecule has 3 rings (SSSR count). The average molecular weight is 288 g/mol. The molecule has 1 aromatic rings. The van der Waals surface area contributed by atoms with Crippen molar-refractivity contribution in [3.05, 3.63) is 35.9 Å². The van der Waals surface area contributed by atoms with Crippen LogP contribution in [0, 0.1) is 5.92 Å². The molecule has 2 atom stereocenters. The van der Waals surface area contributed by atoms with E-state index in [0.717, 1.165) is 45.6 Å². The highest BCUT2D eigenvalue weighted by Gasteiger charge is 2.34. The molecular weight excluding hydrogens is 264 g/mol. The van der Waals surface area contributed by atoms with Crippen molar-refractivity contribution in [2.45, 2.75) is 31.2 Å². The van der Waals surface area contributed by atoms with Gasteiger partial charge in [-0.25, -0.2) is 0 Å². The van der Waals surface area contributed by atoms with Crippen LogP contribution in [0.2, 0.25) is 0 Å². The van der Waals surface area contributed by atoms with Crippen molar-refractivity contribution in [1.82, 2.24) is 4.90 Å². The van der Waals surface area contributed by atoms with Crippen LogP contribution in [-0.2, 0) is 9.53 Å². The molecule has 0 spiro atoms. The third-order valence-corrected chi connectivity index (χ3v) is 4.83. The Labute approximate surface area is 126 Å². The third-order valence-electron chi connectivity index (χ3n) is 4.83. The van der Waals surface area contributed by atoms with Crippen LogP contribution in [0.15, 0.2) is 30.3 Å². The summed E-state index contributed by atoms with van der Waals surface area (Å²) < 4.78 is 5.35. The second-order valence-corrected chi connectivity index (χ2v) is 6.16. The summed E-state index contributed by atoms with van der Waals surface area (Å²) in [6.07, 6.45) is 2.85. The van der Waals surface area contributed by atoms with Crippen molar-refractivity contribution in [3.8, 4) is 0 Å². The minimum absolute atomic E-state index is 0.125. The summed E-state index contributed by atoms with van der Waals surface area (Å²) in [5, 5.41) is 0. The van der Waals surface area contributed by atoms with E-state index >= 15 is 0 Å². The van der Waals surface area contributed by atoms with Gasteiger partial charge in [0.25, 0.3) is 0 Å². The van der Waals surface area contributed by atoms with E-state index in [1.54, 1.807) is 0 Å². The standard InChI is InChI=1S/C17H24N2O2/c18-16(14-7-10-21-11-8-14)17(20)19-9-6-15(12-19)13-4-2-1-3-5-13/h1-5,14-16H,6-12,18H2. The number of carbonyl (C=O) groups excluding carboxylic acids is 1. The Bertz CT molecular complexity index is 471. The molecule has 4 heteroatoms. The molecule has 0 aromatic heterocycles. The van der Waals surface area contributed by atoms with Crippen molar-refractivity contribution < 1.29 is 9.53 Å². The molecule has 114 valence electrons. The molecule has 2 N–H and O–H groups in total. The van der Waals surface area contributed by atoms with E-state index in [-0.39, 0.29) is 17.9 Å². The van der Waals surface area contributed by atoms with Crippen molar-refractivity contribution in [1.29, 1.82) is 0 Å². The average Bonchev–Trinajstić information content (AvgIpc) is 3.05. The number of benzene rings is 1. The lowest BCUT2D eigenvalue weighted by atomic mass is 9.91. The monoisotopic (exact) mass is 288 g/mol. The van der Waals surface area contributed by atoms with Crippen LogP contribution in [0.5, 0.6) is 0 Å². The van der Waals surface area contributed by atoms with Crippen molar-refractivity contribution in [3.63, 3.8) is 0 Å². The molecule has 2 fully saturated rings. The van der Waals surface area contributed by atoms with Crippen LogP contribution in [0.3, 0.4) is 0 Å². The van der Waals surface area contributed by atoms with Gasteiger partial charge in [0.2, 0.25) is 5.91 Å². The first-order valence-electron chi connectivity index (χ1n) is 7.93. The van der Waals surface area contributed by atoms with Gasteiger partial charge in [0.1, 0.15) is 0 Å². The van der Waals surface area contributed by atoms with Crippen LogP contribution in [0.4, 0.5) is 0 Å². The zero-order chi connectivity index (χ0) is 14.7. The summed E-state index contributed by atoms with van der Waals surface area (Å²) in [5.41, 5.74) is 7.54. The SMILES string of the molecule is NC(C(=O)N1CCC(c2ccccc2)C1)C1CCOCC1. The first-order valence-corrected chi connectivity index (χ1v) is 7.93. The molecule has 0 radical (unpaired) electrons. The second-order valence-electron chi connectivity index (χ2n) is 6.16. The maximum Gasteiger partial charge on any atom is 0.239 e. The normalized spacial score (nSPS) is 25.0. The van der Waals surface area contributed by atoms with Gasteiger partial charge < -0.3 is 15.4 Å². The van der Waals surface area contributed by atoms with E-state index in [9.17, 15) is 4.79 Å². The number of amides is 1.